The Bertz CT molecular complexity index is 1220. The van der Waals surface area contributed by atoms with Crippen LogP contribution in [0.3, 0.4) is 0 Å². The van der Waals surface area contributed by atoms with E-state index in [0.29, 0.717) is 57.1 Å². The molecule has 0 saturated carbocycles. The number of piperazine rings is 1. The molecule has 4 rings (SSSR count). The zero-order valence-electron chi connectivity index (χ0n) is 24.8. The number of carbonyl (C=O) groups is 1. The van der Waals surface area contributed by atoms with E-state index in [-0.39, 0.29) is 55.9 Å². The zero-order valence-corrected chi connectivity index (χ0v) is 27.3. The van der Waals surface area contributed by atoms with E-state index in [4.69, 9.17) is 15.2 Å². The third kappa shape index (κ3) is 11.0. The Morgan fingerprint density at radius 1 is 0.911 bits per heavy atom. The summed E-state index contributed by atoms with van der Waals surface area (Å²) < 4.78 is 91.9. The molecule has 0 radical (unpaired) electrons. The van der Waals surface area contributed by atoms with Crippen LogP contribution in [-0.2, 0) is 28.2 Å². The number of carbonyl (C=O) groups excluding carboxylic acids is 1. The fourth-order valence-electron chi connectivity index (χ4n) is 5.45. The summed E-state index contributed by atoms with van der Waals surface area (Å²) in [5.74, 6) is -0.869. The highest BCUT2D eigenvalue weighted by atomic mass is 35.5. The number of nitrogens with two attached hydrogens (primary N) is 1. The Kier molecular flexibility index (Phi) is 15.7. The molecular weight excluding hydrogens is 673 g/mol. The Labute approximate surface area is 277 Å². The molecule has 2 heterocycles. The van der Waals surface area contributed by atoms with Crippen molar-refractivity contribution in [1.82, 2.24) is 14.7 Å². The topological polar surface area (TPSA) is 71.3 Å². The van der Waals surface area contributed by atoms with E-state index in [1.807, 2.05) is 19.1 Å². The van der Waals surface area contributed by atoms with Crippen molar-refractivity contribution in [1.29, 1.82) is 0 Å². The van der Waals surface area contributed by atoms with Crippen molar-refractivity contribution in [3.63, 3.8) is 0 Å². The van der Waals surface area contributed by atoms with Gasteiger partial charge in [-0.25, -0.2) is 0 Å². The maximum atomic E-state index is 13.6. The second kappa shape index (κ2) is 17.2. The number of amides is 1. The molecule has 2 fully saturated rings. The molecular formula is C29H39Cl3F6N4O3. The first-order valence-electron chi connectivity index (χ1n) is 13.8. The molecule has 45 heavy (non-hydrogen) atoms. The van der Waals surface area contributed by atoms with E-state index in [2.05, 4.69) is 9.80 Å². The molecule has 2 N–H and O–H groups in total. The van der Waals surface area contributed by atoms with Gasteiger partial charge < -0.3 is 20.1 Å². The van der Waals surface area contributed by atoms with Crippen molar-refractivity contribution >= 4 is 48.8 Å². The molecule has 2 aromatic carbocycles. The minimum Gasteiger partial charge on any atom is -0.399 e. The highest BCUT2D eigenvalue weighted by molar-refractivity contribution is 5.95. The van der Waals surface area contributed by atoms with Crippen LogP contribution in [0.4, 0.5) is 32.0 Å². The summed E-state index contributed by atoms with van der Waals surface area (Å²) in [5, 5.41) is 0. The smallest absolute Gasteiger partial charge is 0.399 e. The molecule has 1 amide bonds. The quantitative estimate of drug-likeness (QED) is 0.284. The van der Waals surface area contributed by atoms with Crippen LogP contribution in [0, 0.1) is 6.92 Å². The van der Waals surface area contributed by atoms with Crippen LogP contribution in [0.15, 0.2) is 36.4 Å². The number of rotatable bonds is 8. The van der Waals surface area contributed by atoms with E-state index in [1.54, 1.807) is 13.2 Å². The van der Waals surface area contributed by atoms with Crippen molar-refractivity contribution in [2.75, 3.05) is 71.9 Å². The molecule has 0 spiro atoms. The lowest BCUT2D eigenvalue weighted by molar-refractivity contribution is -0.143. The van der Waals surface area contributed by atoms with Gasteiger partial charge >= 0.3 is 12.4 Å². The van der Waals surface area contributed by atoms with Crippen LogP contribution in [0.25, 0.3) is 0 Å². The summed E-state index contributed by atoms with van der Waals surface area (Å²) in [5.41, 5.74) is 4.67. The van der Waals surface area contributed by atoms with Crippen molar-refractivity contribution in [3.05, 3.63) is 64.2 Å². The fourth-order valence-corrected chi connectivity index (χ4v) is 5.45. The predicted molar refractivity (Wildman–Crippen MR) is 167 cm³/mol. The molecule has 2 aliphatic rings. The molecule has 16 heteroatoms. The molecule has 2 atom stereocenters. The van der Waals surface area contributed by atoms with Gasteiger partial charge in [-0.2, -0.15) is 26.3 Å². The minimum atomic E-state index is -5.05. The number of aryl methyl sites for hydroxylation is 1. The van der Waals surface area contributed by atoms with Crippen LogP contribution in [0.5, 0.6) is 0 Å². The molecule has 0 aromatic heterocycles. The number of halogens is 9. The Morgan fingerprint density at radius 2 is 1.51 bits per heavy atom. The third-order valence-electron chi connectivity index (χ3n) is 7.79. The first kappa shape index (κ1) is 41.0. The average molecular weight is 712 g/mol. The van der Waals surface area contributed by atoms with Crippen molar-refractivity contribution in [2.45, 2.75) is 37.8 Å². The number of nitrogen functional groups attached to an aromatic ring is 1. The van der Waals surface area contributed by atoms with Crippen molar-refractivity contribution in [2.24, 2.45) is 0 Å². The number of morpholine rings is 1. The summed E-state index contributed by atoms with van der Waals surface area (Å²) in [6.07, 6.45) is -9.77. The molecule has 7 nitrogen and oxygen atoms in total. The van der Waals surface area contributed by atoms with Crippen LogP contribution >= 0.6 is 37.2 Å². The molecule has 0 unspecified atom stereocenters. The lowest BCUT2D eigenvalue weighted by Gasteiger charge is -2.43. The number of anilines is 1. The lowest BCUT2D eigenvalue weighted by Crippen LogP contribution is -2.57. The zero-order chi connectivity index (χ0) is 30.7. The van der Waals surface area contributed by atoms with E-state index in [0.717, 1.165) is 30.8 Å². The van der Waals surface area contributed by atoms with Gasteiger partial charge in [0.05, 0.1) is 30.4 Å². The van der Waals surface area contributed by atoms with Gasteiger partial charge in [0.1, 0.15) is 0 Å². The van der Waals surface area contributed by atoms with Crippen molar-refractivity contribution < 1.29 is 40.6 Å². The number of methoxy groups -OCH3 is 1. The monoisotopic (exact) mass is 710 g/mol. The number of ether oxygens (including phenoxy) is 2. The predicted octanol–water partition coefficient (Wildman–Crippen LogP) is 5.60. The maximum absolute atomic E-state index is 13.6. The largest absolute Gasteiger partial charge is 0.416 e. The van der Waals surface area contributed by atoms with Gasteiger partial charge in [0.15, 0.2) is 0 Å². The standard InChI is InChI=1S/C29H36F6N4O3.3ClH/c1-19-3-4-20(12-26(19)36)11-24-16-37(5-6-38-9-10-42-25(17-38)18-41-2)7-8-39(24)27(40)21-13-22(28(30,31)32)15-23(14-21)29(33,34)35;;;/h3-4,12-15,24-25H,5-11,16-18,36H2,1-2H3;3*1H/t24-,25+;;;/m1.../s1. The van der Waals surface area contributed by atoms with Gasteiger partial charge in [-0.05, 0) is 48.7 Å². The van der Waals surface area contributed by atoms with Gasteiger partial charge in [-0.1, -0.05) is 12.1 Å². The van der Waals surface area contributed by atoms with Gasteiger partial charge in [-0.3, -0.25) is 14.6 Å². The van der Waals surface area contributed by atoms with Gasteiger partial charge in [-0.15, -0.1) is 37.2 Å². The summed E-state index contributed by atoms with van der Waals surface area (Å²) in [6, 6.07) is 6.02. The molecule has 2 aromatic rings. The third-order valence-corrected chi connectivity index (χ3v) is 7.79. The van der Waals surface area contributed by atoms with Crippen LogP contribution in [0.1, 0.15) is 32.6 Å². The van der Waals surface area contributed by atoms with Gasteiger partial charge in [0.25, 0.3) is 5.91 Å². The minimum absolute atomic E-state index is 0. The van der Waals surface area contributed by atoms with E-state index in [1.165, 1.54) is 4.90 Å². The average Bonchev–Trinajstić information content (AvgIpc) is 2.93. The lowest BCUT2D eigenvalue weighted by atomic mass is 9.98. The van der Waals surface area contributed by atoms with E-state index < -0.39 is 41.0 Å². The van der Waals surface area contributed by atoms with Gasteiger partial charge in [0.2, 0.25) is 0 Å². The van der Waals surface area contributed by atoms with Crippen LogP contribution in [0.2, 0.25) is 0 Å². The van der Waals surface area contributed by atoms with Gasteiger partial charge in [0, 0.05) is 70.2 Å². The number of benzene rings is 2. The Hall–Kier alpha value is -2.00. The molecule has 0 aliphatic carbocycles. The van der Waals surface area contributed by atoms with E-state index in [9.17, 15) is 31.1 Å². The Morgan fingerprint density at radius 3 is 2.07 bits per heavy atom. The summed E-state index contributed by atoms with van der Waals surface area (Å²) in [4.78, 5) is 19.4. The first-order valence-corrected chi connectivity index (χ1v) is 13.8. The number of hydrogen-bond acceptors (Lipinski definition) is 6. The summed E-state index contributed by atoms with van der Waals surface area (Å²) >= 11 is 0. The second-order valence-corrected chi connectivity index (χ2v) is 10.9. The number of hydrogen-bond donors (Lipinski definition) is 1. The highest BCUT2D eigenvalue weighted by Gasteiger charge is 2.39. The normalized spacial score (nSPS) is 19.7. The van der Waals surface area contributed by atoms with Crippen LogP contribution < -0.4 is 5.73 Å². The number of nitrogens with zero attached hydrogens (tertiary/aromatic N) is 3. The first-order chi connectivity index (χ1) is 19.7. The van der Waals surface area contributed by atoms with Crippen molar-refractivity contribution in [3.8, 4) is 0 Å². The molecule has 2 saturated heterocycles. The van der Waals surface area contributed by atoms with E-state index >= 15 is 0 Å². The SMILES string of the molecule is COC[C@@H]1CN(CCN2CCN(C(=O)c3cc(C(F)(F)F)cc(C(F)(F)F)c3)[C@H](Cc3ccc(C)c(N)c3)C2)CCO1.Cl.Cl.Cl. The molecule has 2 aliphatic heterocycles. The summed E-state index contributed by atoms with van der Waals surface area (Å²) in [6.45, 7) is 6.81. The number of alkyl halides is 6. The molecule has 0 bridgehead atoms. The maximum Gasteiger partial charge on any atom is 0.416 e. The van der Waals surface area contributed by atoms with Crippen LogP contribution in [-0.4, -0.2) is 98.9 Å². The molecule has 256 valence electrons. The summed E-state index contributed by atoms with van der Waals surface area (Å²) in [7, 11) is 1.62. The second-order valence-electron chi connectivity index (χ2n) is 10.9. The Balaban J connectivity index is 0.00000337. The fraction of sp³-hybridized carbons (Fsp3) is 0.552. The highest BCUT2D eigenvalue weighted by Crippen LogP contribution is 2.37.